The van der Waals surface area contributed by atoms with Crippen LogP contribution in [-0.4, -0.2) is 26.8 Å². The first-order valence-electron chi connectivity index (χ1n) is 8.15. The molecule has 0 unspecified atom stereocenters. The Bertz CT molecular complexity index is 869. The highest BCUT2D eigenvalue weighted by Gasteiger charge is 2.18. The van der Waals surface area contributed by atoms with Crippen LogP contribution >= 0.6 is 23.1 Å². The summed E-state index contributed by atoms with van der Waals surface area (Å²) < 4.78 is 5.58. The molecule has 0 spiro atoms. The molecular weight excluding hydrogens is 368 g/mol. The Kier molecular flexibility index (Phi) is 5.73. The van der Waals surface area contributed by atoms with Crippen LogP contribution in [0.4, 0.5) is 5.13 Å². The van der Waals surface area contributed by atoms with Crippen LogP contribution in [0.1, 0.15) is 37.9 Å². The van der Waals surface area contributed by atoms with E-state index in [1.54, 1.807) is 0 Å². The third-order valence-corrected chi connectivity index (χ3v) is 5.07. The summed E-state index contributed by atoms with van der Waals surface area (Å²) in [6.07, 6.45) is 0.579. The van der Waals surface area contributed by atoms with Crippen molar-refractivity contribution < 1.29 is 9.21 Å². The maximum absolute atomic E-state index is 12.1. The molecule has 2 aromatic heterocycles. The predicted molar refractivity (Wildman–Crippen MR) is 104 cm³/mol. The third kappa shape index (κ3) is 5.15. The van der Waals surface area contributed by atoms with E-state index < -0.39 is 0 Å². The molecule has 1 amide bonds. The number of carbonyl (C=O) groups is 1. The lowest BCUT2D eigenvalue weighted by Crippen LogP contribution is -2.15. The maximum atomic E-state index is 12.1. The van der Waals surface area contributed by atoms with Gasteiger partial charge in [0.15, 0.2) is 5.13 Å². The number of thiazole rings is 1. The monoisotopic (exact) mass is 388 g/mol. The molecule has 6 nitrogen and oxygen atoms in total. The summed E-state index contributed by atoms with van der Waals surface area (Å²) in [6.45, 7) is 6.27. The zero-order valence-electron chi connectivity index (χ0n) is 14.9. The quantitative estimate of drug-likeness (QED) is 0.639. The van der Waals surface area contributed by atoms with Crippen LogP contribution in [0.5, 0.6) is 0 Å². The molecule has 0 aliphatic carbocycles. The number of rotatable bonds is 6. The van der Waals surface area contributed by atoms with Gasteiger partial charge < -0.3 is 9.73 Å². The first-order chi connectivity index (χ1) is 12.4. The maximum Gasteiger partial charge on any atom is 0.277 e. The number of nitrogens with zero attached hydrogens (tertiary/aromatic N) is 3. The molecule has 3 aromatic rings. The average Bonchev–Trinajstić information content (AvgIpc) is 3.23. The second-order valence-electron chi connectivity index (χ2n) is 6.75. The van der Waals surface area contributed by atoms with Gasteiger partial charge in [0.05, 0.1) is 17.9 Å². The number of anilines is 1. The molecule has 136 valence electrons. The van der Waals surface area contributed by atoms with Gasteiger partial charge in [-0.3, -0.25) is 4.79 Å². The number of hydrogen-bond acceptors (Lipinski definition) is 7. The van der Waals surface area contributed by atoms with Gasteiger partial charge in [0.1, 0.15) is 0 Å². The van der Waals surface area contributed by atoms with E-state index in [0.29, 0.717) is 22.7 Å². The van der Waals surface area contributed by atoms with Gasteiger partial charge in [0.2, 0.25) is 11.8 Å². The van der Waals surface area contributed by atoms with Crippen LogP contribution in [0.3, 0.4) is 0 Å². The van der Waals surface area contributed by atoms with Crippen LogP contribution in [0.2, 0.25) is 0 Å². The number of nitrogens with one attached hydrogen (secondary N) is 1. The van der Waals surface area contributed by atoms with Crippen LogP contribution in [0.25, 0.3) is 0 Å². The zero-order valence-corrected chi connectivity index (χ0v) is 16.5. The van der Waals surface area contributed by atoms with E-state index in [-0.39, 0.29) is 17.1 Å². The molecule has 0 radical (unpaired) electrons. The fourth-order valence-corrected chi connectivity index (χ4v) is 3.63. The second-order valence-corrected chi connectivity index (χ2v) is 8.53. The fourth-order valence-electron chi connectivity index (χ4n) is 2.10. The number of carbonyl (C=O) groups excluding carboxylic acids is 1. The van der Waals surface area contributed by atoms with Gasteiger partial charge in [-0.15, -0.1) is 21.5 Å². The molecule has 0 fully saturated rings. The van der Waals surface area contributed by atoms with E-state index in [2.05, 4.69) is 41.3 Å². The normalized spacial score (nSPS) is 11.5. The van der Waals surface area contributed by atoms with E-state index in [1.807, 2.05) is 35.7 Å². The Hall–Kier alpha value is -2.19. The standard InChI is InChI=1S/C18H20N4O2S2/c1-18(2,3)13-10-25-16(19-13)20-14(23)11-26-17-22-21-15(24-17)9-12-7-5-4-6-8-12/h4-8,10H,9,11H2,1-3H3,(H,19,20,23). The summed E-state index contributed by atoms with van der Waals surface area (Å²) >= 11 is 2.64. The zero-order chi connectivity index (χ0) is 18.6. The SMILES string of the molecule is CC(C)(C)c1csc(NC(=O)CSc2nnc(Cc3ccccc3)o2)n1. The minimum absolute atomic E-state index is 0.0346. The number of hydrogen-bond donors (Lipinski definition) is 1. The molecule has 3 rings (SSSR count). The van der Waals surface area contributed by atoms with E-state index in [9.17, 15) is 4.79 Å². The minimum atomic E-state index is -0.146. The van der Waals surface area contributed by atoms with Crippen molar-refractivity contribution in [3.63, 3.8) is 0 Å². The van der Waals surface area contributed by atoms with Crippen molar-refractivity contribution in [3.8, 4) is 0 Å². The highest BCUT2D eigenvalue weighted by atomic mass is 32.2. The Morgan fingerprint density at radius 3 is 2.69 bits per heavy atom. The lowest BCUT2D eigenvalue weighted by Gasteiger charge is -2.14. The van der Waals surface area contributed by atoms with Gasteiger partial charge in [-0.05, 0) is 5.56 Å². The molecule has 0 atom stereocenters. The summed E-state index contributed by atoms with van der Waals surface area (Å²) in [5.41, 5.74) is 2.03. The van der Waals surface area contributed by atoms with Crippen molar-refractivity contribution in [2.75, 3.05) is 11.1 Å². The third-order valence-electron chi connectivity index (χ3n) is 3.49. The van der Waals surface area contributed by atoms with E-state index in [0.717, 1.165) is 11.3 Å². The van der Waals surface area contributed by atoms with Gasteiger partial charge in [-0.1, -0.05) is 62.9 Å². The number of thioether (sulfide) groups is 1. The Morgan fingerprint density at radius 1 is 1.23 bits per heavy atom. The molecule has 0 saturated carbocycles. The topological polar surface area (TPSA) is 80.9 Å². The van der Waals surface area contributed by atoms with Crippen LogP contribution < -0.4 is 5.32 Å². The van der Waals surface area contributed by atoms with Crippen molar-refractivity contribution >= 4 is 34.1 Å². The molecule has 0 aliphatic rings. The molecular formula is C18H20N4O2S2. The minimum Gasteiger partial charge on any atom is -0.416 e. The van der Waals surface area contributed by atoms with Crippen LogP contribution in [-0.2, 0) is 16.6 Å². The largest absolute Gasteiger partial charge is 0.416 e. The highest BCUT2D eigenvalue weighted by molar-refractivity contribution is 7.99. The Labute approximate surface area is 160 Å². The second kappa shape index (κ2) is 8.01. The molecule has 2 heterocycles. The van der Waals surface area contributed by atoms with Gasteiger partial charge in [-0.25, -0.2) is 4.98 Å². The predicted octanol–water partition coefficient (Wildman–Crippen LogP) is 4.15. The summed E-state index contributed by atoms with van der Waals surface area (Å²) in [5.74, 6) is 0.582. The molecule has 0 bridgehead atoms. The number of benzene rings is 1. The highest BCUT2D eigenvalue weighted by Crippen LogP contribution is 2.26. The Balaban J connectivity index is 1.50. The number of aromatic nitrogens is 3. The first kappa shape index (κ1) is 18.6. The van der Waals surface area contributed by atoms with Crippen molar-refractivity contribution in [1.29, 1.82) is 0 Å². The first-order valence-corrected chi connectivity index (χ1v) is 10.0. The summed E-state index contributed by atoms with van der Waals surface area (Å²) in [6, 6.07) is 9.91. The smallest absolute Gasteiger partial charge is 0.277 e. The van der Waals surface area contributed by atoms with Crippen molar-refractivity contribution in [3.05, 3.63) is 52.9 Å². The van der Waals surface area contributed by atoms with E-state index in [4.69, 9.17) is 4.42 Å². The fraction of sp³-hybridized carbons (Fsp3) is 0.333. The van der Waals surface area contributed by atoms with Gasteiger partial charge in [0.25, 0.3) is 5.22 Å². The summed E-state index contributed by atoms with van der Waals surface area (Å²) in [7, 11) is 0. The molecule has 1 aromatic carbocycles. The van der Waals surface area contributed by atoms with Crippen LogP contribution in [0, 0.1) is 0 Å². The van der Waals surface area contributed by atoms with Crippen molar-refractivity contribution in [2.24, 2.45) is 0 Å². The average molecular weight is 389 g/mol. The van der Waals surface area contributed by atoms with Crippen LogP contribution in [0.15, 0.2) is 45.4 Å². The molecule has 26 heavy (non-hydrogen) atoms. The van der Waals surface area contributed by atoms with E-state index >= 15 is 0 Å². The molecule has 1 N–H and O–H groups in total. The summed E-state index contributed by atoms with van der Waals surface area (Å²) in [5, 5.41) is 13.8. The number of amides is 1. The van der Waals surface area contributed by atoms with Gasteiger partial charge >= 0.3 is 0 Å². The lowest BCUT2D eigenvalue weighted by molar-refractivity contribution is -0.113. The van der Waals surface area contributed by atoms with Gasteiger partial charge in [-0.2, -0.15) is 0 Å². The molecule has 8 heteroatoms. The Morgan fingerprint density at radius 2 is 2.00 bits per heavy atom. The lowest BCUT2D eigenvalue weighted by atomic mass is 9.93. The van der Waals surface area contributed by atoms with Crippen molar-refractivity contribution in [2.45, 2.75) is 37.8 Å². The summed E-state index contributed by atoms with van der Waals surface area (Å²) in [4.78, 5) is 16.5. The van der Waals surface area contributed by atoms with E-state index in [1.165, 1.54) is 23.1 Å². The molecule has 0 saturated heterocycles. The molecule has 0 aliphatic heterocycles. The van der Waals surface area contributed by atoms with Crippen molar-refractivity contribution in [1.82, 2.24) is 15.2 Å². The van der Waals surface area contributed by atoms with Gasteiger partial charge in [0, 0.05) is 10.8 Å².